The lowest BCUT2D eigenvalue weighted by Crippen LogP contribution is -2.24. The van der Waals surface area contributed by atoms with Gasteiger partial charge in [0.15, 0.2) is 5.82 Å². The Bertz CT molecular complexity index is 622. The normalized spacial score (nSPS) is 10.8. The highest BCUT2D eigenvalue weighted by molar-refractivity contribution is 5.94. The van der Waals surface area contributed by atoms with Crippen molar-refractivity contribution in [2.24, 2.45) is 0 Å². The first-order chi connectivity index (χ1) is 11.1. The van der Waals surface area contributed by atoms with E-state index in [2.05, 4.69) is 27.8 Å². The zero-order valence-electron chi connectivity index (χ0n) is 13.8. The van der Waals surface area contributed by atoms with Gasteiger partial charge in [0.2, 0.25) is 0 Å². The number of amides is 1. The van der Waals surface area contributed by atoms with E-state index >= 15 is 0 Å². The second-order valence-corrected chi connectivity index (χ2v) is 5.56. The number of hydrogen-bond acceptors (Lipinski definition) is 5. The smallest absolute Gasteiger partial charge is 0.251 e. The lowest BCUT2D eigenvalue weighted by atomic mass is 10.2. The topological polar surface area (TPSA) is 81.9 Å². The first kappa shape index (κ1) is 16.9. The molecule has 0 aliphatic carbocycles. The van der Waals surface area contributed by atoms with Crippen LogP contribution in [0.1, 0.15) is 55.8 Å². The van der Waals surface area contributed by atoms with Gasteiger partial charge in [0.25, 0.3) is 5.91 Å². The van der Waals surface area contributed by atoms with Crippen molar-refractivity contribution in [3.8, 4) is 5.75 Å². The van der Waals surface area contributed by atoms with Crippen LogP contribution in [0, 0.1) is 0 Å². The maximum absolute atomic E-state index is 11.9. The first-order valence-electron chi connectivity index (χ1n) is 7.89. The van der Waals surface area contributed by atoms with Crippen LogP contribution in [-0.2, 0) is 6.61 Å². The standard InChI is InChI=1S/C16H23N5O2/c1-4-5-10-17-16(22)13-6-8-14(9-7-13)23-11-15-18-19-20-21(15)12(2)3/h6-9,12H,4-5,10-11H2,1-3H3,(H,17,22). The largest absolute Gasteiger partial charge is 0.486 e. The Balaban J connectivity index is 1.90. The summed E-state index contributed by atoms with van der Waals surface area (Å²) in [4.78, 5) is 11.9. The Morgan fingerprint density at radius 3 is 2.70 bits per heavy atom. The van der Waals surface area contributed by atoms with Crippen molar-refractivity contribution in [1.29, 1.82) is 0 Å². The summed E-state index contributed by atoms with van der Waals surface area (Å²) in [5.74, 6) is 1.28. The van der Waals surface area contributed by atoms with Crippen molar-refractivity contribution in [3.63, 3.8) is 0 Å². The minimum Gasteiger partial charge on any atom is -0.486 e. The predicted molar refractivity (Wildman–Crippen MR) is 86.2 cm³/mol. The van der Waals surface area contributed by atoms with Gasteiger partial charge >= 0.3 is 0 Å². The van der Waals surface area contributed by atoms with Crippen LogP contribution in [0.2, 0.25) is 0 Å². The number of benzene rings is 1. The lowest BCUT2D eigenvalue weighted by molar-refractivity contribution is 0.0953. The predicted octanol–water partition coefficient (Wildman–Crippen LogP) is 2.36. The molecule has 7 heteroatoms. The molecule has 124 valence electrons. The molecule has 1 amide bonds. The van der Waals surface area contributed by atoms with Crippen LogP contribution in [0.25, 0.3) is 0 Å². The molecule has 7 nitrogen and oxygen atoms in total. The number of nitrogens with one attached hydrogen (secondary N) is 1. The molecule has 0 aliphatic rings. The fraction of sp³-hybridized carbons (Fsp3) is 0.500. The van der Waals surface area contributed by atoms with Crippen LogP contribution in [0.4, 0.5) is 0 Å². The summed E-state index contributed by atoms with van der Waals surface area (Å²) < 4.78 is 7.40. The van der Waals surface area contributed by atoms with Gasteiger partial charge in [-0.3, -0.25) is 4.79 Å². The highest BCUT2D eigenvalue weighted by Crippen LogP contribution is 2.14. The van der Waals surface area contributed by atoms with Gasteiger partial charge in [-0.05, 0) is 55.0 Å². The second kappa shape index (κ2) is 8.26. The Kier molecular flexibility index (Phi) is 6.08. The van der Waals surface area contributed by atoms with E-state index in [1.165, 1.54) is 0 Å². The quantitative estimate of drug-likeness (QED) is 0.756. The molecule has 1 N–H and O–H groups in total. The van der Waals surface area contributed by atoms with E-state index in [0.717, 1.165) is 12.8 Å². The van der Waals surface area contributed by atoms with Gasteiger partial charge in [0, 0.05) is 12.1 Å². The van der Waals surface area contributed by atoms with E-state index in [1.54, 1.807) is 28.9 Å². The summed E-state index contributed by atoms with van der Waals surface area (Å²) in [6, 6.07) is 7.23. The number of nitrogens with zero attached hydrogens (tertiary/aromatic N) is 4. The van der Waals surface area contributed by atoms with Crippen LogP contribution >= 0.6 is 0 Å². The van der Waals surface area contributed by atoms with Crippen molar-refractivity contribution >= 4 is 5.91 Å². The molecule has 0 saturated carbocycles. The third-order valence-electron chi connectivity index (χ3n) is 3.35. The van der Waals surface area contributed by atoms with Crippen molar-refractivity contribution in [3.05, 3.63) is 35.7 Å². The molecule has 2 rings (SSSR count). The van der Waals surface area contributed by atoms with E-state index in [9.17, 15) is 4.79 Å². The monoisotopic (exact) mass is 317 g/mol. The van der Waals surface area contributed by atoms with Crippen LogP contribution < -0.4 is 10.1 Å². The Labute approximate surface area is 136 Å². The molecule has 0 spiro atoms. The van der Waals surface area contributed by atoms with Gasteiger partial charge in [-0.1, -0.05) is 13.3 Å². The zero-order valence-corrected chi connectivity index (χ0v) is 13.8. The fourth-order valence-corrected chi connectivity index (χ4v) is 2.04. The average molecular weight is 317 g/mol. The maximum Gasteiger partial charge on any atom is 0.251 e. The van der Waals surface area contributed by atoms with Crippen LogP contribution in [0.3, 0.4) is 0 Å². The van der Waals surface area contributed by atoms with Crippen molar-refractivity contribution in [1.82, 2.24) is 25.5 Å². The summed E-state index contributed by atoms with van der Waals surface area (Å²) in [5, 5.41) is 14.4. The highest BCUT2D eigenvalue weighted by atomic mass is 16.5. The Morgan fingerprint density at radius 1 is 1.30 bits per heavy atom. The molecule has 0 radical (unpaired) electrons. The van der Waals surface area contributed by atoms with Gasteiger partial charge in [-0.2, -0.15) is 0 Å². The minimum atomic E-state index is -0.0613. The van der Waals surface area contributed by atoms with Gasteiger partial charge in [0.1, 0.15) is 12.4 Å². The third kappa shape index (κ3) is 4.77. The third-order valence-corrected chi connectivity index (χ3v) is 3.35. The van der Waals surface area contributed by atoms with Crippen molar-refractivity contribution in [2.45, 2.75) is 46.3 Å². The van der Waals surface area contributed by atoms with Gasteiger partial charge < -0.3 is 10.1 Å². The number of rotatable bonds is 8. The molecular weight excluding hydrogens is 294 g/mol. The van der Waals surface area contributed by atoms with Crippen LogP contribution in [-0.4, -0.2) is 32.7 Å². The zero-order chi connectivity index (χ0) is 16.7. The summed E-state index contributed by atoms with van der Waals surface area (Å²) in [5.41, 5.74) is 0.625. The summed E-state index contributed by atoms with van der Waals surface area (Å²) in [6.07, 6.45) is 2.04. The molecule has 1 heterocycles. The molecule has 0 saturated heterocycles. The lowest BCUT2D eigenvalue weighted by Gasteiger charge is -2.09. The van der Waals surface area contributed by atoms with E-state index < -0.39 is 0 Å². The number of aromatic nitrogens is 4. The first-order valence-corrected chi connectivity index (χ1v) is 7.89. The maximum atomic E-state index is 11.9. The fourth-order valence-electron chi connectivity index (χ4n) is 2.04. The number of ether oxygens (including phenoxy) is 1. The van der Waals surface area contributed by atoms with E-state index in [1.807, 2.05) is 13.8 Å². The van der Waals surface area contributed by atoms with Crippen molar-refractivity contribution in [2.75, 3.05) is 6.54 Å². The second-order valence-electron chi connectivity index (χ2n) is 5.56. The summed E-state index contributed by atoms with van der Waals surface area (Å²) >= 11 is 0. The summed E-state index contributed by atoms with van der Waals surface area (Å²) in [6.45, 7) is 7.09. The molecule has 0 unspecified atom stereocenters. The minimum absolute atomic E-state index is 0.0613. The molecular formula is C16H23N5O2. The van der Waals surface area contributed by atoms with Crippen LogP contribution in [0.15, 0.2) is 24.3 Å². The number of tetrazole rings is 1. The summed E-state index contributed by atoms with van der Waals surface area (Å²) in [7, 11) is 0. The average Bonchev–Trinajstić information content (AvgIpc) is 3.02. The molecule has 0 aliphatic heterocycles. The number of unbranched alkanes of at least 4 members (excludes halogenated alkanes) is 1. The van der Waals surface area contributed by atoms with E-state index in [-0.39, 0.29) is 18.6 Å². The number of carbonyl (C=O) groups is 1. The molecule has 23 heavy (non-hydrogen) atoms. The van der Waals surface area contributed by atoms with Gasteiger partial charge in [0.05, 0.1) is 6.04 Å². The van der Waals surface area contributed by atoms with E-state index in [0.29, 0.717) is 23.7 Å². The van der Waals surface area contributed by atoms with Crippen molar-refractivity contribution < 1.29 is 9.53 Å². The molecule has 2 aromatic rings. The molecule has 0 bridgehead atoms. The Morgan fingerprint density at radius 2 is 2.04 bits per heavy atom. The number of hydrogen-bond donors (Lipinski definition) is 1. The molecule has 1 aromatic heterocycles. The van der Waals surface area contributed by atoms with Gasteiger partial charge in [-0.15, -0.1) is 5.10 Å². The molecule has 1 aromatic carbocycles. The van der Waals surface area contributed by atoms with Gasteiger partial charge in [-0.25, -0.2) is 4.68 Å². The molecule has 0 fully saturated rings. The van der Waals surface area contributed by atoms with Crippen LogP contribution in [0.5, 0.6) is 5.75 Å². The SMILES string of the molecule is CCCCNC(=O)c1ccc(OCc2nnnn2C(C)C)cc1. The van der Waals surface area contributed by atoms with E-state index in [4.69, 9.17) is 4.74 Å². The Hall–Kier alpha value is -2.44. The molecule has 0 atom stereocenters. The number of carbonyl (C=O) groups excluding carboxylic acids is 1. The highest BCUT2D eigenvalue weighted by Gasteiger charge is 2.10.